The van der Waals surface area contributed by atoms with Gasteiger partial charge in [-0.15, -0.1) is 0 Å². The first-order chi connectivity index (χ1) is 4.34. The highest BCUT2D eigenvalue weighted by Crippen LogP contribution is 1.91. The van der Waals surface area contributed by atoms with Gasteiger partial charge in [-0.25, -0.2) is 9.67 Å². The van der Waals surface area contributed by atoms with Crippen molar-refractivity contribution in [2.45, 2.75) is 6.54 Å². The smallest absolute Gasteiger partial charge is 0.218 e. The predicted octanol–water partition coefficient (Wildman–Crippen LogP) is -1.15. The molecule has 0 atom stereocenters. The summed E-state index contributed by atoms with van der Waals surface area (Å²) in [4.78, 5) is 3.65. The Bertz CT molecular complexity index is 184. The Kier molecular flexibility index (Phi) is 1.64. The molecule has 5 nitrogen and oxygen atoms in total. The van der Waals surface area contributed by atoms with Crippen LogP contribution in [0.1, 0.15) is 0 Å². The van der Waals surface area contributed by atoms with Crippen LogP contribution < -0.4 is 5.73 Å². The lowest BCUT2D eigenvalue weighted by Crippen LogP contribution is -2.07. The minimum atomic E-state index is 0.0353. The molecule has 50 valence electrons. The van der Waals surface area contributed by atoms with Crippen LogP contribution in [0, 0.1) is 0 Å². The summed E-state index contributed by atoms with van der Waals surface area (Å²) >= 11 is 0. The van der Waals surface area contributed by atoms with Crippen molar-refractivity contribution < 1.29 is 5.11 Å². The van der Waals surface area contributed by atoms with Gasteiger partial charge in [-0.1, -0.05) is 0 Å². The standard InChI is InChI=1S/C4H8N4O/c5-4-6-3-7-8(4)1-2-9/h3,9H,1-2H2,(H2,5,6,7). The van der Waals surface area contributed by atoms with E-state index < -0.39 is 0 Å². The lowest BCUT2D eigenvalue weighted by atomic mass is 10.7. The fourth-order valence-electron chi connectivity index (χ4n) is 0.540. The van der Waals surface area contributed by atoms with Gasteiger partial charge in [-0.05, 0) is 0 Å². The molecule has 3 N–H and O–H groups in total. The molecule has 1 aromatic rings. The molecule has 0 amide bonds. The van der Waals surface area contributed by atoms with Gasteiger partial charge < -0.3 is 10.8 Å². The molecule has 1 heterocycles. The van der Waals surface area contributed by atoms with Gasteiger partial charge in [0.05, 0.1) is 13.2 Å². The summed E-state index contributed by atoms with van der Waals surface area (Å²) in [6.45, 7) is 0.444. The predicted molar refractivity (Wildman–Crippen MR) is 31.5 cm³/mol. The van der Waals surface area contributed by atoms with Crippen molar-refractivity contribution >= 4 is 5.95 Å². The van der Waals surface area contributed by atoms with E-state index in [0.717, 1.165) is 0 Å². The second-order valence-electron chi connectivity index (χ2n) is 1.56. The van der Waals surface area contributed by atoms with Crippen LogP contribution in [0.5, 0.6) is 0 Å². The molecule has 0 aromatic carbocycles. The molecule has 0 saturated carbocycles. The normalized spacial score (nSPS) is 9.89. The summed E-state index contributed by atoms with van der Waals surface area (Å²) in [6, 6.07) is 0. The zero-order valence-corrected chi connectivity index (χ0v) is 4.86. The minimum absolute atomic E-state index is 0.0353. The van der Waals surface area contributed by atoms with Crippen LogP contribution in [0.2, 0.25) is 0 Å². The van der Waals surface area contributed by atoms with E-state index in [4.69, 9.17) is 10.8 Å². The molecule has 0 aliphatic carbocycles. The summed E-state index contributed by atoms with van der Waals surface area (Å²) < 4.78 is 1.43. The molecule has 0 fully saturated rings. The Morgan fingerprint density at radius 2 is 2.56 bits per heavy atom. The summed E-state index contributed by atoms with van der Waals surface area (Å²) in [5.74, 6) is 0.337. The van der Waals surface area contributed by atoms with Gasteiger partial charge in [0.2, 0.25) is 5.95 Å². The average molecular weight is 128 g/mol. The molecule has 9 heavy (non-hydrogen) atoms. The molecular formula is C4H8N4O. The summed E-state index contributed by atoms with van der Waals surface area (Å²) in [7, 11) is 0. The van der Waals surface area contributed by atoms with Crippen molar-refractivity contribution in [3.63, 3.8) is 0 Å². The van der Waals surface area contributed by atoms with E-state index in [1.165, 1.54) is 11.0 Å². The largest absolute Gasteiger partial charge is 0.394 e. The number of rotatable bonds is 2. The topological polar surface area (TPSA) is 77.0 Å². The third-order valence-electron chi connectivity index (χ3n) is 0.957. The Labute approximate surface area is 52.1 Å². The molecule has 1 aromatic heterocycles. The van der Waals surface area contributed by atoms with Crippen molar-refractivity contribution in [3.05, 3.63) is 6.33 Å². The Hall–Kier alpha value is -1.10. The minimum Gasteiger partial charge on any atom is -0.394 e. The average Bonchev–Trinajstić information content (AvgIpc) is 2.18. The van der Waals surface area contributed by atoms with Crippen LogP contribution >= 0.6 is 0 Å². The van der Waals surface area contributed by atoms with Gasteiger partial charge in [-0.2, -0.15) is 5.10 Å². The van der Waals surface area contributed by atoms with E-state index in [1.54, 1.807) is 0 Å². The number of aliphatic hydroxyl groups excluding tert-OH is 1. The van der Waals surface area contributed by atoms with Crippen molar-refractivity contribution in [2.24, 2.45) is 0 Å². The second-order valence-corrected chi connectivity index (χ2v) is 1.56. The van der Waals surface area contributed by atoms with Crippen LogP contribution in [0.4, 0.5) is 5.95 Å². The molecule has 5 heteroatoms. The van der Waals surface area contributed by atoms with Crippen LogP contribution in [0.15, 0.2) is 6.33 Å². The third-order valence-corrected chi connectivity index (χ3v) is 0.957. The second kappa shape index (κ2) is 2.45. The van der Waals surface area contributed by atoms with E-state index >= 15 is 0 Å². The van der Waals surface area contributed by atoms with Gasteiger partial charge in [0.1, 0.15) is 6.33 Å². The van der Waals surface area contributed by atoms with Gasteiger partial charge >= 0.3 is 0 Å². The number of nitrogen functional groups attached to an aromatic ring is 1. The van der Waals surface area contributed by atoms with Crippen molar-refractivity contribution in [1.82, 2.24) is 14.8 Å². The molecule has 0 unspecified atom stereocenters. The van der Waals surface area contributed by atoms with E-state index in [0.29, 0.717) is 12.5 Å². The molecule has 0 saturated heterocycles. The third kappa shape index (κ3) is 1.17. The summed E-state index contributed by atoms with van der Waals surface area (Å²) in [5.41, 5.74) is 5.30. The maximum atomic E-state index is 8.42. The number of nitrogens with zero attached hydrogens (tertiary/aromatic N) is 3. The number of aliphatic hydroxyl groups is 1. The van der Waals surface area contributed by atoms with E-state index in [-0.39, 0.29) is 6.61 Å². The zero-order chi connectivity index (χ0) is 6.69. The lowest BCUT2D eigenvalue weighted by molar-refractivity contribution is 0.270. The fourth-order valence-corrected chi connectivity index (χ4v) is 0.540. The van der Waals surface area contributed by atoms with Crippen LogP contribution in [0.25, 0.3) is 0 Å². The summed E-state index contributed by atoms with van der Waals surface area (Å²) in [6.07, 6.45) is 1.35. The van der Waals surface area contributed by atoms with Crippen molar-refractivity contribution in [2.75, 3.05) is 12.3 Å². The first-order valence-corrected chi connectivity index (χ1v) is 2.58. The van der Waals surface area contributed by atoms with Crippen LogP contribution in [-0.4, -0.2) is 26.5 Å². The lowest BCUT2D eigenvalue weighted by Gasteiger charge is -1.95. The zero-order valence-electron chi connectivity index (χ0n) is 4.86. The number of anilines is 1. The summed E-state index contributed by atoms with van der Waals surface area (Å²) in [5, 5.41) is 12.1. The molecule has 0 aliphatic heterocycles. The van der Waals surface area contributed by atoms with Crippen LogP contribution in [-0.2, 0) is 6.54 Å². The van der Waals surface area contributed by atoms with Crippen molar-refractivity contribution in [1.29, 1.82) is 0 Å². The number of aromatic nitrogens is 3. The fraction of sp³-hybridized carbons (Fsp3) is 0.500. The van der Waals surface area contributed by atoms with E-state index in [2.05, 4.69) is 10.1 Å². The monoisotopic (exact) mass is 128 g/mol. The Morgan fingerprint density at radius 1 is 1.78 bits per heavy atom. The Balaban J connectivity index is 2.69. The number of hydrogen-bond donors (Lipinski definition) is 2. The number of nitrogens with two attached hydrogens (primary N) is 1. The first kappa shape index (κ1) is 6.03. The highest BCUT2D eigenvalue weighted by Gasteiger charge is 1.94. The maximum Gasteiger partial charge on any atom is 0.218 e. The van der Waals surface area contributed by atoms with Gasteiger partial charge in [0.25, 0.3) is 0 Å². The molecule has 0 radical (unpaired) electrons. The number of hydrogen-bond acceptors (Lipinski definition) is 4. The first-order valence-electron chi connectivity index (χ1n) is 2.58. The molecule has 0 aliphatic rings. The molecule has 1 rings (SSSR count). The SMILES string of the molecule is Nc1ncnn1CCO. The maximum absolute atomic E-state index is 8.42. The molecule has 0 spiro atoms. The van der Waals surface area contributed by atoms with Crippen LogP contribution in [0.3, 0.4) is 0 Å². The Morgan fingerprint density at radius 3 is 3.00 bits per heavy atom. The molecular weight excluding hydrogens is 120 g/mol. The van der Waals surface area contributed by atoms with Gasteiger partial charge in [-0.3, -0.25) is 0 Å². The van der Waals surface area contributed by atoms with Crippen molar-refractivity contribution in [3.8, 4) is 0 Å². The van der Waals surface area contributed by atoms with Gasteiger partial charge in [0, 0.05) is 0 Å². The van der Waals surface area contributed by atoms with Gasteiger partial charge in [0.15, 0.2) is 0 Å². The quantitative estimate of drug-likeness (QED) is 0.527. The highest BCUT2D eigenvalue weighted by molar-refractivity contribution is 5.11. The molecule has 0 bridgehead atoms. The van der Waals surface area contributed by atoms with E-state index in [1.807, 2.05) is 0 Å². The highest BCUT2D eigenvalue weighted by atomic mass is 16.3. The van der Waals surface area contributed by atoms with E-state index in [9.17, 15) is 0 Å².